The lowest BCUT2D eigenvalue weighted by atomic mass is 9.95. The summed E-state index contributed by atoms with van der Waals surface area (Å²) in [6, 6.07) is 6.06. The third-order valence-electron chi connectivity index (χ3n) is 8.86. The molecule has 44 heavy (non-hydrogen) atoms. The Hall–Kier alpha value is -1.81. The van der Waals surface area contributed by atoms with Crippen molar-refractivity contribution in [2.24, 2.45) is 5.92 Å². The van der Waals surface area contributed by atoms with E-state index in [0.29, 0.717) is 5.56 Å². The number of anilines is 1. The number of nitrogens with one attached hydrogen (secondary N) is 1. The Labute approximate surface area is 285 Å². The quantitative estimate of drug-likeness (QED) is 0.475. The van der Waals surface area contributed by atoms with Gasteiger partial charge in [-0.3, -0.25) is 14.4 Å². The van der Waals surface area contributed by atoms with Gasteiger partial charge in [-0.05, 0) is 37.9 Å². The number of Topliss-reactive ketones (excluding diaryl/α,β-unsaturated/α-hetero) is 1. The maximum Gasteiger partial charge on any atom is 0.251 e. The van der Waals surface area contributed by atoms with Crippen molar-refractivity contribution in [3.8, 4) is 11.3 Å². The predicted octanol–water partition coefficient (Wildman–Crippen LogP) is 3.02. The van der Waals surface area contributed by atoms with Gasteiger partial charge in [0.25, 0.3) is 5.91 Å². The molecule has 0 spiro atoms. The number of carbonyl (C=O) groups is 3. The molecule has 1 N–H and O–H groups in total. The zero-order chi connectivity index (χ0) is 27.8. The smallest absolute Gasteiger partial charge is 0.251 e. The van der Waals surface area contributed by atoms with Crippen molar-refractivity contribution in [2.75, 3.05) is 58.4 Å². The van der Waals surface area contributed by atoms with E-state index in [1.54, 1.807) is 35.5 Å². The van der Waals surface area contributed by atoms with Crippen LogP contribution < -0.4 is 10.2 Å². The van der Waals surface area contributed by atoms with E-state index >= 15 is 0 Å². The van der Waals surface area contributed by atoms with Crippen molar-refractivity contribution in [3.05, 3.63) is 35.2 Å². The molecule has 10 nitrogen and oxygen atoms in total. The van der Waals surface area contributed by atoms with E-state index in [1.165, 1.54) is 0 Å². The number of hydrogen-bond acceptors (Lipinski definition) is 9. The van der Waals surface area contributed by atoms with Gasteiger partial charge in [0.05, 0.1) is 12.2 Å². The number of likely N-dealkylation sites (N-methyl/N-ethyl adjacent to an activating group) is 1. The molecular formula is C30H47N5O5S4. The molecule has 2 aromatic rings. The number of piperazine rings is 1. The summed E-state index contributed by atoms with van der Waals surface area (Å²) in [4.78, 5) is 50.9. The second-order valence-corrected chi connectivity index (χ2v) is 12.2. The first-order valence-electron chi connectivity index (χ1n) is 14.2. The molecule has 4 fully saturated rings. The fourth-order valence-electron chi connectivity index (χ4n) is 6.45. The molecular weight excluding hydrogens is 639 g/mol. The van der Waals surface area contributed by atoms with Gasteiger partial charge < -0.3 is 29.5 Å². The van der Waals surface area contributed by atoms with Gasteiger partial charge in [-0.25, -0.2) is 4.98 Å². The van der Waals surface area contributed by atoms with Gasteiger partial charge in [-0.1, -0.05) is 32.4 Å². The maximum atomic E-state index is 13.9. The molecule has 0 bridgehead atoms. The molecule has 0 unspecified atom stereocenters. The minimum absolute atomic E-state index is 0. The first-order chi connectivity index (χ1) is 19.4. The molecule has 1 aromatic heterocycles. The number of amides is 2. The summed E-state index contributed by atoms with van der Waals surface area (Å²) < 4.78 is 11.2. The number of nitrogens with zero attached hydrogens (tertiary/aromatic N) is 4. The van der Waals surface area contributed by atoms with Gasteiger partial charge in [-0.2, -0.15) is 40.5 Å². The number of hydrogen-bond donors (Lipinski definition) is 1. The Morgan fingerprint density at radius 1 is 1.07 bits per heavy atom. The Morgan fingerprint density at radius 3 is 2.36 bits per heavy atom. The van der Waals surface area contributed by atoms with E-state index in [2.05, 4.69) is 27.5 Å². The number of ketones is 1. The minimum Gasteiger partial charge on any atom is -0.377 e. The molecule has 1 saturated carbocycles. The highest BCUT2D eigenvalue weighted by atomic mass is 32.1. The Kier molecular flexibility index (Phi) is 14.5. The highest BCUT2D eigenvalue weighted by Crippen LogP contribution is 2.34. The average molecular weight is 686 g/mol. The van der Waals surface area contributed by atoms with E-state index in [0.717, 1.165) is 68.3 Å². The number of rotatable bonds is 7. The molecule has 2 amide bonds. The van der Waals surface area contributed by atoms with Crippen LogP contribution in [0.4, 0.5) is 5.13 Å². The first-order valence-corrected chi connectivity index (χ1v) is 15.1. The summed E-state index contributed by atoms with van der Waals surface area (Å²) >= 11 is 1.64. The highest BCUT2D eigenvalue weighted by Gasteiger charge is 2.54. The van der Waals surface area contributed by atoms with Crippen LogP contribution in [-0.4, -0.2) is 110 Å². The van der Waals surface area contributed by atoms with E-state index in [4.69, 9.17) is 14.5 Å². The van der Waals surface area contributed by atoms with Crippen LogP contribution in [0, 0.1) is 5.92 Å². The average Bonchev–Trinajstić information content (AvgIpc) is 3.78. The normalized spacial score (nSPS) is 24.0. The SMILES string of the molecule is C.CO[C@@H]1CN(C(=O)[C@@H](NC(=O)c2ccc(-c3csc(N4CCN(C)CC4)n3)cc2)C2CCCC2)[C@@H]2C(=O)CO[C@@H]21.S.S.S. The van der Waals surface area contributed by atoms with Crippen molar-refractivity contribution in [3.63, 3.8) is 0 Å². The first kappa shape index (κ1) is 38.4. The summed E-state index contributed by atoms with van der Waals surface area (Å²) in [5.74, 6) is -0.579. The molecule has 3 saturated heterocycles. The number of benzene rings is 1. The molecule has 4 aliphatic rings. The number of aromatic nitrogens is 1. The van der Waals surface area contributed by atoms with E-state index in [1.807, 2.05) is 12.1 Å². The summed E-state index contributed by atoms with van der Waals surface area (Å²) in [5.41, 5.74) is 2.33. The van der Waals surface area contributed by atoms with E-state index < -0.39 is 18.2 Å². The van der Waals surface area contributed by atoms with Crippen molar-refractivity contribution in [1.82, 2.24) is 20.1 Å². The molecule has 14 heteroatoms. The maximum absolute atomic E-state index is 13.9. The predicted molar refractivity (Wildman–Crippen MR) is 189 cm³/mol. The molecule has 4 atom stereocenters. The number of likely N-dealkylation sites (tertiary alicyclic amines) is 1. The van der Waals surface area contributed by atoms with E-state index in [-0.39, 0.29) is 90.7 Å². The second-order valence-electron chi connectivity index (χ2n) is 11.3. The van der Waals surface area contributed by atoms with Crippen LogP contribution in [0.3, 0.4) is 0 Å². The Bertz CT molecular complexity index is 1250. The monoisotopic (exact) mass is 685 g/mol. The van der Waals surface area contributed by atoms with Crippen LogP contribution in [0.25, 0.3) is 11.3 Å². The Morgan fingerprint density at radius 2 is 1.73 bits per heavy atom. The molecule has 0 radical (unpaired) electrons. The number of fused-ring (bicyclic) bond motifs is 1. The molecule has 1 aromatic carbocycles. The number of carbonyl (C=O) groups excluding carboxylic acids is 3. The highest BCUT2D eigenvalue weighted by molar-refractivity contribution is 7.59. The summed E-state index contributed by atoms with van der Waals surface area (Å²) in [6.45, 7) is 4.26. The number of thiazole rings is 1. The van der Waals surface area contributed by atoms with Gasteiger partial charge in [0, 0.05) is 49.8 Å². The van der Waals surface area contributed by atoms with Gasteiger partial charge >= 0.3 is 0 Å². The van der Waals surface area contributed by atoms with Crippen LogP contribution >= 0.6 is 51.8 Å². The second kappa shape index (κ2) is 16.7. The lowest BCUT2D eigenvalue weighted by molar-refractivity contribution is -0.139. The van der Waals surface area contributed by atoms with Crippen LogP contribution in [0.15, 0.2) is 29.6 Å². The molecule has 1 aliphatic carbocycles. The molecule has 4 heterocycles. The summed E-state index contributed by atoms with van der Waals surface area (Å²) in [5, 5.41) is 6.12. The minimum atomic E-state index is -0.691. The number of methoxy groups -OCH3 is 1. The fraction of sp³-hybridized carbons (Fsp3) is 0.600. The van der Waals surface area contributed by atoms with Crippen molar-refractivity contribution in [1.29, 1.82) is 0 Å². The topological polar surface area (TPSA) is 104 Å². The van der Waals surface area contributed by atoms with Crippen molar-refractivity contribution >= 4 is 74.6 Å². The fourth-order valence-corrected chi connectivity index (χ4v) is 7.34. The zero-order valence-electron chi connectivity index (χ0n) is 24.6. The van der Waals surface area contributed by atoms with Gasteiger partial charge in [0.15, 0.2) is 10.9 Å². The van der Waals surface area contributed by atoms with E-state index in [9.17, 15) is 14.4 Å². The van der Waals surface area contributed by atoms with Crippen molar-refractivity contribution in [2.45, 2.75) is 57.4 Å². The summed E-state index contributed by atoms with van der Waals surface area (Å²) in [6.07, 6.45) is 2.99. The van der Waals surface area contributed by atoms with Gasteiger partial charge in [0.2, 0.25) is 5.91 Å². The lowest BCUT2D eigenvalue weighted by Crippen LogP contribution is -2.54. The van der Waals surface area contributed by atoms with Crippen LogP contribution in [0.5, 0.6) is 0 Å². The summed E-state index contributed by atoms with van der Waals surface area (Å²) in [7, 11) is 3.71. The molecule has 3 aliphatic heterocycles. The lowest BCUT2D eigenvalue weighted by Gasteiger charge is -2.32. The largest absolute Gasteiger partial charge is 0.377 e. The molecule has 6 rings (SSSR count). The van der Waals surface area contributed by atoms with Crippen molar-refractivity contribution < 1.29 is 23.9 Å². The standard InChI is InChI=1S/C29H37N5O5S.CH4.3H2S/c1-32-11-13-33(14-12-32)29-30-21(17-40-29)18-7-9-20(10-8-18)27(36)31-24(19-5-3-4-6-19)28(37)34-15-23(38-2)26-25(34)22(35)16-39-26;;;;/h7-10,17,19,23-26H,3-6,11-16H2,1-2H3,(H,31,36);1H4;3*1H2/t23-,24+,25-,26-;;;;/m1..../s1. The zero-order valence-corrected chi connectivity index (χ0v) is 28.4. The third-order valence-corrected chi connectivity index (χ3v) is 9.76. The third kappa shape index (κ3) is 7.76. The van der Waals surface area contributed by atoms with Crippen LogP contribution in [0.2, 0.25) is 0 Å². The van der Waals surface area contributed by atoms with Crippen LogP contribution in [0.1, 0.15) is 43.5 Å². The van der Waals surface area contributed by atoms with Gasteiger partial charge in [0.1, 0.15) is 30.9 Å². The van der Waals surface area contributed by atoms with Gasteiger partial charge in [-0.15, -0.1) is 11.3 Å². The Balaban J connectivity index is 0.00000169. The number of ether oxygens (including phenoxy) is 2. The molecule has 246 valence electrons. The van der Waals surface area contributed by atoms with Crippen LogP contribution in [-0.2, 0) is 19.1 Å².